The second-order valence-electron chi connectivity index (χ2n) is 9.67. The van der Waals surface area contributed by atoms with Crippen molar-refractivity contribution >= 4 is 11.9 Å². The van der Waals surface area contributed by atoms with Crippen molar-refractivity contribution in [2.24, 2.45) is 17.8 Å². The Labute approximate surface area is 198 Å². The molecule has 0 aromatic heterocycles. The summed E-state index contributed by atoms with van der Waals surface area (Å²) in [4.78, 5) is 26.1. The zero-order chi connectivity index (χ0) is 25.3. The van der Waals surface area contributed by atoms with Crippen LogP contribution in [0.1, 0.15) is 59.8 Å². The van der Waals surface area contributed by atoms with E-state index in [0.717, 1.165) is 5.57 Å². The third-order valence-electron chi connectivity index (χ3n) is 6.87. The van der Waals surface area contributed by atoms with Gasteiger partial charge in [-0.05, 0) is 50.2 Å². The first-order chi connectivity index (χ1) is 15.9. The van der Waals surface area contributed by atoms with Crippen molar-refractivity contribution in [3.63, 3.8) is 0 Å². The summed E-state index contributed by atoms with van der Waals surface area (Å²) < 4.78 is 54.4. The zero-order valence-electron chi connectivity index (χ0n) is 20.4. The van der Waals surface area contributed by atoms with E-state index in [4.69, 9.17) is 14.2 Å². The van der Waals surface area contributed by atoms with Gasteiger partial charge in [0.25, 0.3) is 5.91 Å². The fourth-order valence-electron chi connectivity index (χ4n) is 5.07. The Balaban J connectivity index is 2.01. The highest BCUT2D eigenvalue weighted by molar-refractivity contribution is 6.00. The highest BCUT2D eigenvalue weighted by atomic mass is 19.4. The van der Waals surface area contributed by atoms with Crippen molar-refractivity contribution in [3.05, 3.63) is 34.8 Å². The van der Waals surface area contributed by atoms with Gasteiger partial charge in [-0.1, -0.05) is 33.3 Å². The number of methoxy groups -OCH3 is 1. The molecule has 1 N–H and O–H groups in total. The molecule has 0 radical (unpaired) electrons. The molecule has 0 saturated heterocycles. The highest BCUT2D eigenvalue weighted by Gasteiger charge is 2.52. The standard InChI is InChI=1S/C25H34F3NO5/c1-6-16-12-18(33-13-25(26,27)28)11-15(4)19(16)20-21(34-23(31)14(2)3)24(29-22(20)30)9-7-17(32-5)8-10-24/h11-12,14-15,17,19H,6-10,13H2,1-5H3,(H,29,30). The summed E-state index contributed by atoms with van der Waals surface area (Å²) in [6.45, 7) is 5.79. The number of carbonyl (C=O) groups excluding carboxylic acids is 2. The molecule has 190 valence electrons. The van der Waals surface area contributed by atoms with Gasteiger partial charge in [0.15, 0.2) is 6.61 Å². The second kappa shape index (κ2) is 10.1. The lowest BCUT2D eigenvalue weighted by molar-refractivity contribution is -0.164. The molecule has 9 heteroatoms. The van der Waals surface area contributed by atoms with Crippen molar-refractivity contribution in [2.75, 3.05) is 13.7 Å². The van der Waals surface area contributed by atoms with Gasteiger partial charge in [-0.15, -0.1) is 0 Å². The number of halogens is 3. The Morgan fingerprint density at radius 3 is 2.44 bits per heavy atom. The SMILES string of the molecule is CCC1=CC(OCC(F)(F)F)=CC(C)C1C1=C(OC(=O)C(C)C)C2(CCC(OC)CC2)NC1=O. The van der Waals surface area contributed by atoms with Gasteiger partial charge >= 0.3 is 12.1 Å². The molecule has 2 unspecified atom stereocenters. The number of carbonyl (C=O) groups is 2. The largest absolute Gasteiger partial charge is 0.484 e. The maximum absolute atomic E-state index is 13.4. The Morgan fingerprint density at radius 1 is 1.26 bits per heavy atom. The van der Waals surface area contributed by atoms with Gasteiger partial charge in [0.1, 0.15) is 11.5 Å². The summed E-state index contributed by atoms with van der Waals surface area (Å²) in [5, 5.41) is 3.10. The van der Waals surface area contributed by atoms with E-state index < -0.39 is 30.2 Å². The Kier molecular flexibility index (Phi) is 7.85. The molecule has 1 saturated carbocycles. The third kappa shape index (κ3) is 5.50. The van der Waals surface area contributed by atoms with E-state index in [-0.39, 0.29) is 29.6 Å². The van der Waals surface area contributed by atoms with E-state index in [0.29, 0.717) is 43.4 Å². The molecule has 0 bridgehead atoms. The molecular weight excluding hydrogens is 451 g/mol. The van der Waals surface area contributed by atoms with E-state index in [1.165, 1.54) is 0 Å². The molecule has 6 nitrogen and oxygen atoms in total. The topological polar surface area (TPSA) is 73.9 Å². The number of nitrogens with one attached hydrogen (secondary N) is 1. The maximum Gasteiger partial charge on any atom is 0.422 e. The van der Waals surface area contributed by atoms with Crippen LogP contribution in [-0.4, -0.2) is 43.4 Å². The van der Waals surface area contributed by atoms with E-state index in [2.05, 4.69) is 5.32 Å². The predicted octanol–water partition coefficient (Wildman–Crippen LogP) is 4.96. The first-order valence-electron chi connectivity index (χ1n) is 11.8. The number of amides is 1. The average molecular weight is 486 g/mol. The first kappa shape index (κ1) is 26.3. The Hall–Kier alpha value is -2.29. The molecule has 34 heavy (non-hydrogen) atoms. The number of ether oxygens (including phenoxy) is 3. The molecule has 2 atom stereocenters. The van der Waals surface area contributed by atoms with E-state index in [1.807, 2.05) is 13.8 Å². The molecule has 1 aliphatic heterocycles. The summed E-state index contributed by atoms with van der Waals surface area (Å²) in [6, 6.07) is 0. The lowest BCUT2D eigenvalue weighted by Crippen LogP contribution is -2.49. The Bertz CT molecular complexity index is 895. The number of esters is 1. The van der Waals surface area contributed by atoms with Gasteiger partial charge < -0.3 is 19.5 Å². The predicted molar refractivity (Wildman–Crippen MR) is 119 cm³/mol. The van der Waals surface area contributed by atoms with Gasteiger partial charge in [-0.25, -0.2) is 0 Å². The molecular formula is C25H34F3NO5. The average Bonchev–Trinajstić information content (AvgIpc) is 3.02. The number of alkyl halides is 3. The van der Waals surface area contributed by atoms with Crippen molar-refractivity contribution in [1.82, 2.24) is 5.32 Å². The molecule has 1 amide bonds. The smallest absolute Gasteiger partial charge is 0.422 e. The zero-order valence-corrected chi connectivity index (χ0v) is 20.4. The van der Waals surface area contributed by atoms with Crippen LogP contribution in [0.5, 0.6) is 0 Å². The number of hydrogen-bond donors (Lipinski definition) is 1. The van der Waals surface area contributed by atoms with E-state index in [9.17, 15) is 22.8 Å². The van der Waals surface area contributed by atoms with E-state index in [1.54, 1.807) is 33.1 Å². The van der Waals surface area contributed by atoms with Crippen LogP contribution in [0.25, 0.3) is 0 Å². The molecule has 0 aromatic rings. The normalized spacial score (nSPS) is 29.8. The molecule has 0 aromatic carbocycles. The minimum atomic E-state index is -4.44. The summed E-state index contributed by atoms with van der Waals surface area (Å²) in [5.41, 5.74) is 0.357. The summed E-state index contributed by atoms with van der Waals surface area (Å²) in [7, 11) is 1.66. The van der Waals surface area contributed by atoms with Gasteiger partial charge in [0.05, 0.1) is 23.1 Å². The van der Waals surface area contributed by atoms with Crippen LogP contribution in [0.3, 0.4) is 0 Å². The summed E-state index contributed by atoms with van der Waals surface area (Å²) in [6.07, 6.45) is 1.87. The van der Waals surface area contributed by atoms with Gasteiger partial charge in [0, 0.05) is 13.0 Å². The van der Waals surface area contributed by atoms with Crippen LogP contribution in [0, 0.1) is 17.8 Å². The lowest BCUT2D eigenvalue weighted by atomic mass is 9.74. The fraction of sp³-hybridized carbons (Fsp3) is 0.680. The maximum atomic E-state index is 13.4. The molecule has 1 heterocycles. The third-order valence-corrected chi connectivity index (χ3v) is 6.87. The second-order valence-corrected chi connectivity index (χ2v) is 9.67. The molecule has 1 spiro atoms. The Morgan fingerprint density at radius 2 is 1.91 bits per heavy atom. The van der Waals surface area contributed by atoms with Gasteiger partial charge in [0.2, 0.25) is 0 Å². The monoisotopic (exact) mass is 485 g/mol. The minimum absolute atomic E-state index is 0.0737. The fourth-order valence-corrected chi connectivity index (χ4v) is 5.07. The quantitative estimate of drug-likeness (QED) is 0.516. The van der Waals surface area contributed by atoms with Crippen LogP contribution in [0.15, 0.2) is 34.8 Å². The first-order valence-corrected chi connectivity index (χ1v) is 11.8. The molecule has 1 fully saturated rings. The van der Waals surface area contributed by atoms with Gasteiger partial charge in [-0.3, -0.25) is 9.59 Å². The minimum Gasteiger partial charge on any atom is -0.484 e. The summed E-state index contributed by atoms with van der Waals surface area (Å²) >= 11 is 0. The number of allylic oxidation sites excluding steroid dienone is 3. The number of rotatable bonds is 7. The van der Waals surface area contributed by atoms with Crippen LogP contribution < -0.4 is 5.32 Å². The van der Waals surface area contributed by atoms with E-state index >= 15 is 0 Å². The molecule has 3 aliphatic rings. The van der Waals surface area contributed by atoms with Crippen molar-refractivity contribution in [2.45, 2.75) is 77.6 Å². The highest BCUT2D eigenvalue weighted by Crippen LogP contribution is 2.47. The van der Waals surface area contributed by atoms with Crippen LogP contribution in [-0.2, 0) is 23.8 Å². The van der Waals surface area contributed by atoms with Crippen molar-refractivity contribution < 1.29 is 37.0 Å². The van der Waals surface area contributed by atoms with Crippen LogP contribution in [0.2, 0.25) is 0 Å². The van der Waals surface area contributed by atoms with Crippen molar-refractivity contribution in [1.29, 1.82) is 0 Å². The van der Waals surface area contributed by atoms with Crippen molar-refractivity contribution in [3.8, 4) is 0 Å². The molecule has 2 aliphatic carbocycles. The van der Waals surface area contributed by atoms with Crippen LogP contribution in [0.4, 0.5) is 13.2 Å². The van der Waals surface area contributed by atoms with Crippen LogP contribution >= 0.6 is 0 Å². The van der Waals surface area contributed by atoms with Gasteiger partial charge in [-0.2, -0.15) is 13.2 Å². The molecule has 3 rings (SSSR count). The lowest BCUT2D eigenvalue weighted by Gasteiger charge is -2.38. The number of hydrogen-bond acceptors (Lipinski definition) is 5. The summed E-state index contributed by atoms with van der Waals surface area (Å²) in [5.74, 6) is -1.38.